The molecule has 2 N–H and O–H groups in total. The van der Waals surface area contributed by atoms with Crippen molar-refractivity contribution in [3.63, 3.8) is 0 Å². The summed E-state index contributed by atoms with van der Waals surface area (Å²) in [5, 5.41) is 9.22. The number of unbranched alkanes of at least 4 members (excludes halogenated alkanes) is 2. The maximum absolute atomic E-state index is 10.3. The average molecular weight is 219 g/mol. The van der Waals surface area contributed by atoms with Crippen molar-refractivity contribution in [1.29, 1.82) is 5.26 Å². The average Bonchev–Trinajstić information content (AvgIpc) is 1.96. The van der Waals surface area contributed by atoms with E-state index >= 15 is 0 Å². The van der Waals surface area contributed by atoms with Gasteiger partial charge in [-0.2, -0.15) is 0 Å². The summed E-state index contributed by atoms with van der Waals surface area (Å²) < 4.78 is 0. The van der Waals surface area contributed by atoms with Crippen LogP contribution in [0.15, 0.2) is 0 Å². The summed E-state index contributed by atoms with van der Waals surface area (Å²) >= 11 is 0.146. The third-order valence-corrected chi connectivity index (χ3v) is 2.54. The zero-order valence-corrected chi connectivity index (χ0v) is 8.09. The van der Waals surface area contributed by atoms with Crippen molar-refractivity contribution in [1.82, 2.24) is 0 Å². The molecule has 0 aliphatic carbocycles. The Hall–Kier alpha value is -0.521. The number of carbonyl (C=O) groups excluding carboxylic acids is 1. The second-order valence-corrected chi connectivity index (χ2v) is 4.06. The summed E-state index contributed by atoms with van der Waals surface area (Å²) in [6.45, 7) is 0. The first-order valence-electron chi connectivity index (χ1n) is 3.56. The molecule has 0 aliphatic rings. The maximum atomic E-state index is 10.3. The number of carbonyl (C=O) groups is 1. The zero-order valence-electron chi connectivity index (χ0n) is 6.38. The molecule has 0 heterocycles. The second kappa shape index (κ2) is 7.58. The van der Waals surface area contributed by atoms with Crippen LogP contribution in [-0.4, -0.2) is 20.9 Å². The number of primary amides is 1. The van der Waals surface area contributed by atoms with Gasteiger partial charge in [-0.25, -0.2) is 0 Å². The van der Waals surface area contributed by atoms with Crippen LogP contribution in [0.2, 0.25) is 5.32 Å². The van der Waals surface area contributed by atoms with Gasteiger partial charge in [0.1, 0.15) is 0 Å². The Kier molecular flexibility index (Phi) is 7.23. The van der Waals surface area contributed by atoms with Gasteiger partial charge in [0, 0.05) is 0 Å². The first kappa shape index (κ1) is 10.5. The molecule has 0 bridgehead atoms. The molecule has 4 heteroatoms. The van der Waals surface area contributed by atoms with Gasteiger partial charge in [0.25, 0.3) is 0 Å². The van der Waals surface area contributed by atoms with Gasteiger partial charge in [-0.1, -0.05) is 0 Å². The molecule has 0 aromatic heterocycles. The van der Waals surface area contributed by atoms with Crippen molar-refractivity contribution in [3.05, 3.63) is 0 Å². The van der Waals surface area contributed by atoms with Gasteiger partial charge in [0.05, 0.1) is 0 Å². The summed E-state index contributed by atoms with van der Waals surface area (Å²) in [6, 6.07) is 0. The molecule has 0 radical (unpaired) electrons. The summed E-state index contributed by atoms with van der Waals surface area (Å²) in [4.78, 5) is 12.4. The predicted octanol–water partition coefficient (Wildman–Crippen LogP) is 0.636. The molecule has 0 aromatic carbocycles. The fraction of sp³-hybridized carbons (Fsp3) is 0.714. The second-order valence-electron chi connectivity index (χ2n) is 2.22. The quantitative estimate of drug-likeness (QED) is 0.526. The van der Waals surface area contributed by atoms with Crippen LogP contribution in [0.5, 0.6) is 0 Å². The van der Waals surface area contributed by atoms with Crippen LogP contribution >= 0.6 is 0 Å². The predicted molar refractivity (Wildman–Crippen MR) is 43.8 cm³/mol. The van der Waals surface area contributed by atoms with Crippen molar-refractivity contribution in [2.45, 2.75) is 31.0 Å². The van der Waals surface area contributed by atoms with Gasteiger partial charge >= 0.3 is 72.6 Å². The van der Waals surface area contributed by atoms with Crippen LogP contribution in [0.25, 0.3) is 0 Å². The minimum absolute atomic E-state index is 0.146. The molecule has 62 valence electrons. The zero-order chi connectivity index (χ0) is 8.53. The molecule has 1 amide bonds. The summed E-state index contributed by atoms with van der Waals surface area (Å²) in [5.41, 5.74) is 4.95. The van der Waals surface area contributed by atoms with Gasteiger partial charge in [-0.3, -0.25) is 0 Å². The Morgan fingerprint density at radius 3 is 2.73 bits per heavy atom. The SMILES string of the molecule is N#C[Se]CCCCCC(N)=O. The number of hydrogen-bond donors (Lipinski definition) is 1. The van der Waals surface area contributed by atoms with E-state index in [-0.39, 0.29) is 20.9 Å². The van der Waals surface area contributed by atoms with Gasteiger partial charge in [0.2, 0.25) is 0 Å². The molecule has 0 saturated heterocycles. The summed E-state index contributed by atoms with van der Waals surface area (Å²) in [5.74, 6) is -0.226. The van der Waals surface area contributed by atoms with Crippen molar-refractivity contribution in [2.75, 3.05) is 0 Å². The molecule has 0 fully saturated rings. The Morgan fingerprint density at radius 2 is 2.18 bits per heavy atom. The summed E-state index contributed by atoms with van der Waals surface area (Å²) in [6.07, 6.45) is 3.43. The van der Waals surface area contributed by atoms with Crippen LogP contribution < -0.4 is 5.73 Å². The van der Waals surface area contributed by atoms with Crippen LogP contribution in [0.3, 0.4) is 0 Å². The molecule has 3 nitrogen and oxygen atoms in total. The van der Waals surface area contributed by atoms with Crippen molar-refractivity contribution in [3.8, 4) is 4.97 Å². The Balaban J connectivity index is 2.92. The van der Waals surface area contributed by atoms with E-state index in [1.54, 1.807) is 0 Å². The van der Waals surface area contributed by atoms with E-state index in [9.17, 15) is 4.79 Å². The molecular weight excluding hydrogens is 207 g/mol. The molecule has 0 aromatic rings. The normalized spacial score (nSPS) is 9.00. The van der Waals surface area contributed by atoms with E-state index < -0.39 is 0 Å². The number of nitriles is 1. The fourth-order valence-electron chi connectivity index (χ4n) is 0.696. The summed E-state index contributed by atoms with van der Waals surface area (Å²) in [7, 11) is 0. The number of amides is 1. The monoisotopic (exact) mass is 220 g/mol. The topological polar surface area (TPSA) is 66.9 Å². The number of hydrogen-bond acceptors (Lipinski definition) is 2. The molecule has 0 unspecified atom stereocenters. The number of nitrogens with two attached hydrogens (primary N) is 1. The van der Waals surface area contributed by atoms with Crippen molar-refractivity contribution >= 4 is 20.9 Å². The Bertz CT molecular complexity index is 153. The third kappa shape index (κ3) is 9.48. The van der Waals surface area contributed by atoms with E-state index in [0.29, 0.717) is 6.42 Å². The molecule has 0 atom stereocenters. The molecule has 0 rings (SSSR count). The molecule has 0 spiro atoms. The first-order valence-corrected chi connectivity index (χ1v) is 5.63. The van der Waals surface area contributed by atoms with Crippen LogP contribution in [0, 0.1) is 10.2 Å². The Morgan fingerprint density at radius 1 is 1.45 bits per heavy atom. The van der Waals surface area contributed by atoms with Gasteiger partial charge in [0.15, 0.2) is 0 Å². The van der Waals surface area contributed by atoms with Crippen LogP contribution in [0.1, 0.15) is 25.7 Å². The van der Waals surface area contributed by atoms with E-state index in [1.807, 2.05) is 0 Å². The standard InChI is InChI=1S/C7H12N2OSe/c8-6-11-5-3-1-2-4-7(9)10/h1-5H2,(H2,9,10). The van der Waals surface area contributed by atoms with E-state index in [4.69, 9.17) is 11.0 Å². The van der Waals surface area contributed by atoms with Crippen LogP contribution in [-0.2, 0) is 4.79 Å². The van der Waals surface area contributed by atoms with Crippen molar-refractivity contribution in [2.24, 2.45) is 5.73 Å². The minimum atomic E-state index is -0.226. The van der Waals surface area contributed by atoms with Gasteiger partial charge in [-0.15, -0.1) is 0 Å². The van der Waals surface area contributed by atoms with E-state index in [2.05, 4.69) is 4.97 Å². The van der Waals surface area contributed by atoms with E-state index in [1.165, 1.54) is 0 Å². The number of rotatable bonds is 6. The fourth-order valence-corrected chi connectivity index (χ4v) is 1.62. The third-order valence-electron chi connectivity index (χ3n) is 1.23. The molecular formula is C7H12N2OSe. The van der Waals surface area contributed by atoms with E-state index in [0.717, 1.165) is 24.6 Å². The molecule has 0 saturated carbocycles. The van der Waals surface area contributed by atoms with Crippen molar-refractivity contribution < 1.29 is 4.79 Å². The molecule has 0 aliphatic heterocycles. The Labute approximate surface area is 73.1 Å². The number of nitrogens with zero attached hydrogens (tertiary/aromatic N) is 1. The van der Waals surface area contributed by atoms with Gasteiger partial charge < -0.3 is 0 Å². The van der Waals surface area contributed by atoms with Gasteiger partial charge in [-0.05, 0) is 0 Å². The molecule has 11 heavy (non-hydrogen) atoms. The first-order chi connectivity index (χ1) is 5.27. The van der Waals surface area contributed by atoms with Crippen LogP contribution in [0.4, 0.5) is 0 Å².